The van der Waals surface area contributed by atoms with Crippen LogP contribution in [0.15, 0.2) is 24.3 Å². The maximum Gasteiger partial charge on any atom is 0.302 e. The molecule has 4 heteroatoms. The topological polar surface area (TPSA) is 52.6 Å². The van der Waals surface area contributed by atoms with E-state index in [-0.39, 0.29) is 24.0 Å². The van der Waals surface area contributed by atoms with E-state index < -0.39 is 0 Å². The van der Waals surface area contributed by atoms with Crippen molar-refractivity contribution in [3.05, 3.63) is 35.4 Å². The van der Waals surface area contributed by atoms with Gasteiger partial charge >= 0.3 is 11.9 Å². The lowest BCUT2D eigenvalue weighted by Crippen LogP contribution is -2.25. The molecule has 0 aliphatic rings. The van der Waals surface area contributed by atoms with Crippen LogP contribution in [0.2, 0.25) is 0 Å². The molecule has 0 amide bonds. The summed E-state index contributed by atoms with van der Waals surface area (Å²) < 4.78 is 9.99. The number of carbonyl (C=O) groups is 2. The van der Waals surface area contributed by atoms with Crippen LogP contribution >= 0.6 is 0 Å². The van der Waals surface area contributed by atoms with Crippen molar-refractivity contribution in [2.75, 3.05) is 6.61 Å². The van der Waals surface area contributed by atoms with Gasteiger partial charge in [0.25, 0.3) is 0 Å². The van der Waals surface area contributed by atoms with Crippen LogP contribution in [0.3, 0.4) is 0 Å². The van der Waals surface area contributed by atoms with Crippen molar-refractivity contribution in [2.24, 2.45) is 0 Å². The van der Waals surface area contributed by atoms with Gasteiger partial charge in [-0.3, -0.25) is 9.59 Å². The molecule has 0 heterocycles. The summed E-state index contributed by atoms with van der Waals surface area (Å²) >= 11 is 0. The Bertz CT molecular complexity index is 446. The third-order valence-corrected chi connectivity index (χ3v) is 2.81. The summed E-state index contributed by atoms with van der Waals surface area (Å²) in [7, 11) is 0. The highest BCUT2D eigenvalue weighted by Gasteiger charge is 2.22. The molecule has 104 valence electrons. The molecule has 0 saturated carbocycles. The molecule has 0 N–H and O–H groups in total. The Morgan fingerprint density at radius 3 is 2.00 bits per heavy atom. The standard InChI is InChI=1S/C15H20O4/c1-11(16)18-9-13-5-7-14(8-6-13)15(3,4)10-19-12(2)17/h5-8H,9-10H2,1-4H3. The maximum absolute atomic E-state index is 10.9. The minimum Gasteiger partial charge on any atom is -0.465 e. The number of hydrogen-bond acceptors (Lipinski definition) is 4. The molecule has 0 aliphatic carbocycles. The van der Waals surface area contributed by atoms with E-state index in [4.69, 9.17) is 9.47 Å². The van der Waals surface area contributed by atoms with Gasteiger partial charge in [0, 0.05) is 19.3 Å². The van der Waals surface area contributed by atoms with Crippen LogP contribution in [0, 0.1) is 0 Å². The van der Waals surface area contributed by atoms with E-state index >= 15 is 0 Å². The molecule has 0 bridgehead atoms. The van der Waals surface area contributed by atoms with Crippen molar-refractivity contribution in [2.45, 2.75) is 39.7 Å². The first kappa shape index (κ1) is 15.2. The van der Waals surface area contributed by atoms with Gasteiger partial charge in [-0.1, -0.05) is 38.1 Å². The molecule has 0 spiro atoms. The Morgan fingerprint density at radius 2 is 1.53 bits per heavy atom. The highest BCUT2D eigenvalue weighted by molar-refractivity contribution is 5.66. The second kappa shape index (κ2) is 6.36. The average molecular weight is 264 g/mol. The van der Waals surface area contributed by atoms with Gasteiger partial charge in [0.15, 0.2) is 0 Å². The van der Waals surface area contributed by atoms with E-state index in [0.717, 1.165) is 11.1 Å². The summed E-state index contributed by atoms with van der Waals surface area (Å²) in [6.07, 6.45) is 0. The molecule has 19 heavy (non-hydrogen) atoms. The van der Waals surface area contributed by atoms with Gasteiger partial charge < -0.3 is 9.47 Å². The summed E-state index contributed by atoms with van der Waals surface area (Å²) in [4.78, 5) is 21.6. The fourth-order valence-electron chi connectivity index (χ4n) is 1.60. The Kier molecular flexibility index (Phi) is 5.10. The van der Waals surface area contributed by atoms with Crippen LogP contribution < -0.4 is 0 Å². The molecule has 0 aromatic heterocycles. The Morgan fingerprint density at radius 1 is 1.00 bits per heavy atom. The molecule has 0 aliphatic heterocycles. The number of benzene rings is 1. The van der Waals surface area contributed by atoms with E-state index in [9.17, 15) is 9.59 Å². The summed E-state index contributed by atoms with van der Waals surface area (Å²) in [6, 6.07) is 7.74. The van der Waals surface area contributed by atoms with Gasteiger partial charge in [0.05, 0.1) is 0 Å². The van der Waals surface area contributed by atoms with Crippen LogP contribution in [0.25, 0.3) is 0 Å². The van der Waals surface area contributed by atoms with E-state index in [2.05, 4.69) is 0 Å². The average Bonchev–Trinajstić information content (AvgIpc) is 2.34. The normalized spacial score (nSPS) is 10.9. The van der Waals surface area contributed by atoms with Crippen molar-refractivity contribution in [1.82, 2.24) is 0 Å². The van der Waals surface area contributed by atoms with Gasteiger partial charge in [0.1, 0.15) is 13.2 Å². The van der Waals surface area contributed by atoms with Crippen molar-refractivity contribution < 1.29 is 19.1 Å². The van der Waals surface area contributed by atoms with Crippen molar-refractivity contribution in [3.8, 4) is 0 Å². The fourth-order valence-corrected chi connectivity index (χ4v) is 1.60. The van der Waals surface area contributed by atoms with Gasteiger partial charge in [-0.05, 0) is 11.1 Å². The zero-order chi connectivity index (χ0) is 14.5. The zero-order valence-electron chi connectivity index (χ0n) is 11.9. The van der Waals surface area contributed by atoms with Gasteiger partial charge in [0.2, 0.25) is 0 Å². The molecule has 1 aromatic rings. The molecule has 0 atom stereocenters. The van der Waals surface area contributed by atoms with Crippen LogP contribution in [0.5, 0.6) is 0 Å². The molecule has 1 aromatic carbocycles. The number of ether oxygens (including phenoxy) is 2. The van der Waals surface area contributed by atoms with Crippen LogP contribution in [0.4, 0.5) is 0 Å². The Labute approximate surface area is 113 Å². The number of esters is 2. The molecular weight excluding hydrogens is 244 g/mol. The first-order valence-electron chi connectivity index (χ1n) is 6.17. The monoisotopic (exact) mass is 264 g/mol. The maximum atomic E-state index is 10.9. The SMILES string of the molecule is CC(=O)OCc1ccc(C(C)(C)COC(C)=O)cc1. The zero-order valence-corrected chi connectivity index (χ0v) is 11.9. The van der Waals surface area contributed by atoms with Crippen LogP contribution in [-0.4, -0.2) is 18.5 Å². The molecule has 0 radical (unpaired) electrons. The molecule has 0 fully saturated rings. The number of hydrogen-bond donors (Lipinski definition) is 0. The third-order valence-electron chi connectivity index (χ3n) is 2.81. The summed E-state index contributed by atoms with van der Waals surface area (Å²) in [6.45, 7) is 7.43. The van der Waals surface area contributed by atoms with Crippen LogP contribution in [0.1, 0.15) is 38.8 Å². The predicted molar refractivity (Wildman–Crippen MR) is 71.6 cm³/mol. The second-order valence-electron chi connectivity index (χ2n) is 5.14. The smallest absolute Gasteiger partial charge is 0.302 e. The minimum atomic E-state index is -0.292. The molecule has 0 unspecified atom stereocenters. The second-order valence-corrected chi connectivity index (χ2v) is 5.14. The fraction of sp³-hybridized carbons (Fsp3) is 0.467. The van der Waals surface area contributed by atoms with E-state index in [1.165, 1.54) is 13.8 Å². The predicted octanol–water partition coefficient (Wildman–Crippen LogP) is 2.59. The number of carbonyl (C=O) groups excluding carboxylic acids is 2. The minimum absolute atomic E-state index is 0.244. The van der Waals surface area contributed by atoms with Gasteiger partial charge in [-0.15, -0.1) is 0 Å². The molecular formula is C15H20O4. The van der Waals surface area contributed by atoms with E-state index in [1.54, 1.807) is 0 Å². The van der Waals surface area contributed by atoms with Crippen molar-refractivity contribution >= 4 is 11.9 Å². The molecule has 0 saturated heterocycles. The highest BCUT2D eigenvalue weighted by Crippen LogP contribution is 2.24. The summed E-state index contributed by atoms with van der Waals surface area (Å²) in [5.41, 5.74) is 1.76. The van der Waals surface area contributed by atoms with Gasteiger partial charge in [-0.25, -0.2) is 0 Å². The Balaban J connectivity index is 2.68. The first-order chi connectivity index (χ1) is 8.81. The molecule has 4 nitrogen and oxygen atoms in total. The lowest BCUT2D eigenvalue weighted by Gasteiger charge is -2.24. The Hall–Kier alpha value is -1.84. The third kappa shape index (κ3) is 5.12. The van der Waals surface area contributed by atoms with Crippen molar-refractivity contribution in [1.29, 1.82) is 0 Å². The quantitative estimate of drug-likeness (QED) is 0.767. The van der Waals surface area contributed by atoms with Gasteiger partial charge in [-0.2, -0.15) is 0 Å². The van der Waals surface area contributed by atoms with E-state index in [1.807, 2.05) is 38.1 Å². The highest BCUT2D eigenvalue weighted by atomic mass is 16.5. The van der Waals surface area contributed by atoms with Crippen LogP contribution in [-0.2, 0) is 31.1 Å². The lowest BCUT2D eigenvalue weighted by molar-refractivity contribution is -0.143. The van der Waals surface area contributed by atoms with E-state index in [0.29, 0.717) is 6.61 Å². The summed E-state index contributed by atoms with van der Waals surface area (Å²) in [5.74, 6) is -0.571. The number of rotatable bonds is 5. The van der Waals surface area contributed by atoms with Crippen molar-refractivity contribution in [3.63, 3.8) is 0 Å². The lowest BCUT2D eigenvalue weighted by atomic mass is 9.85. The largest absolute Gasteiger partial charge is 0.465 e. The summed E-state index contributed by atoms with van der Waals surface area (Å²) in [5, 5.41) is 0. The molecule has 1 rings (SSSR count). The first-order valence-corrected chi connectivity index (χ1v) is 6.17.